The van der Waals surface area contributed by atoms with Crippen molar-refractivity contribution in [2.45, 2.75) is 5.03 Å². The third-order valence-corrected chi connectivity index (χ3v) is 2.46. The van der Waals surface area contributed by atoms with Crippen LogP contribution in [-0.4, -0.2) is 22.3 Å². The Morgan fingerprint density at radius 3 is 2.40 bits per heavy atom. The SMILES string of the molecule is N#Cc1nc(C#N)c(SCCN)nc1N. The molecule has 6 nitrogen and oxygen atoms in total. The van der Waals surface area contributed by atoms with Gasteiger partial charge in [0, 0.05) is 12.3 Å². The standard InChI is InChI=1S/C8H8N6S/c9-1-2-15-8-6(4-11)13-5(3-10)7(12)14-8/h1-2,9H2,(H2,12,14). The maximum atomic E-state index is 8.78. The predicted octanol–water partition coefficient (Wildman–Crippen LogP) is -0.147. The van der Waals surface area contributed by atoms with Crippen LogP contribution in [0.3, 0.4) is 0 Å². The van der Waals surface area contributed by atoms with Gasteiger partial charge in [0.25, 0.3) is 0 Å². The third-order valence-electron chi connectivity index (χ3n) is 1.46. The van der Waals surface area contributed by atoms with Crippen LogP contribution in [0.2, 0.25) is 0 Å². The zero-order valence-electron chi connectivity index (χ0n) is 7.77. The van der Waals surface area contributed by atoms with E-state index in [4.69, 9.17) is 22.0 Å². The molecule has 0 aliphatic rings. The molecule has 1 aromatic heterocycles. The highest BCUT2D eigenvalue weighted by atomic mass is 32.2. The number of rotatable bonds is 3. The number of nitrogens with two attached hydrogens (primary N) is 2. The first-order chi connectivity index (χ1) is 7.22. The normalized spacial score (nSPS) is 9.27. The van der Waals surface area contributed by atoms with Crippen LogP contribution in [0, 0.1) is 22.7 Å². The van der Waals surface area contributed by atoms with Crippen molar-refractivity contribution in [3.8, 4) is 12.1 Å². The monoisotopic (exact) mass is 220 g/mol. The van der Waals surface area contributed by atoms with Crippen molar-refractivity contribution >= 4 is 17.6 Å². The van der Waals surface area contributed by atoms with Crippen molar-refractivity contribution in [2.24, 2.45) is 5.73 Å². The Labute approximate surface area is 90.9 Å². The molecule has 0 atom stereocenters. The maximum absolute atomic E-state index is 8.78. The van der Waals surface area contributed by atoms with E-state index in [0.29, 0.717) is 17.3 Å². The molecule has 0 fully saturated rings. The van der Waals surface area contributed by atoms with E-state index >= 15 is 0 Å². The second kappa shape index (κ2) is 5.15. The average Bonchev–Trinajstić information content (AvgIpc) is 2.26. The first kappa shape index (κ1) is 11.2. The Bertz CT molecular complexity index is 444. The summed E-state index contributed by atoms with van der Waals surface area (Å²) in [5, 5.41) is 17.8. The summed E-state index contributed by atoms with van der Waals surface area (Å²) in [4.78, 5) is 7.72. The molecule has 4 N–H and O–H groups in total. The van der Waals surface area contributed by atoms with Crippen LogP contribution in [-0.2, 0) is 0 Å². The molecule has 0 aromatic carbocycles. The van der Waals surface area contributed by atoms with Crippen LogP contribution in [0.4, 0.5) is 5.82 Å². The molecule has 1 aromatic rings. The van der Waals surface area contributed by atoms with E-state index in [9.17, 15) is 0 Å². The van der Waals surface area contributed by atoms with Gasteiger partial charge in [-0.15, -0.1) is 11.8 Å². The Balaban J connectivity index is 3.12. The smallest absolute Gasteiger partial charge is 0.184 e. The Kier molecular flexibility index (Phi) is 3.86. The van der Waals surface area contributed by atoms with Crippen LogP contribution in [0.1, 0.15) is 11.4 Å². The van der Waals surface area contributed by atoms with Gasteiger partial charge in [-0.1, -0.05) is 0 Å². The molecule has 0 amide bonds. The zero-order valence-corrected chi connectivity index (χ0v) is 8.58. The molecule has 15 heavy (non-hydrogen) atoms. The van der Waals surface area contributed by atoms with Crippen LogP contribution in [0.5, 0.6) is 0 Å². The fraction of sp³-hybridized carbons (Fsp3) is 0.250. The summed E-state index contributed by atoms with van der Waals surface area (Å²) in [6.07, 6.45) is 0. The van der Waals surface area contributed by atoms with Crippen LogP contribution >= 0.6 is 11.8 Å². The summed E-state index contributed by atoms with van der Waals surface area (Å²) in [7, 11) is 0. The van der Waals surface area contributed by atoms with Crippen LogP contribution in [0.25, 0.3) is 0 Å². The fourth-order valence-electron chi connectivity index (χ4n) is 0.844. The van der Waals surface area contributed by atoms with Crippen LogP contribution < -0.4 is 11.5 Å². The van der Waals surface area contributed by atoms with Crippen molar-refractivity contribution in [1.29, 1.82) is 10.5 Å². The topological polar surface area (TPSA) is 125 Å². The van der Waals surface area contributed by atoms with Gasteiger partial charge in [-0.25, -0.2) is 9.97 Å². The lowest BCUT2D eigenvalue weighted by atomic mass is 10.4. The summed E-state index contributed by atoms with van der Waals surface area (Å²) in [5.74, 6) is 0.658. The maximum Gasteiger partial charge on any atom is 0.184 e. The molecule has 0 aliphatic carbocycles. The molecule has 0 bridgehead atoms. The highest BCUT2D eigenvalue weighted by Crippen LogP contribution is 2.20. The van der Waals surface area contributed by atoms with Crippen molar-refractivity contribution < 1.29 is 0 Å². The molecule has 76 valence electrons. The van der Waals surface area contributed by atoms with E-state index in [2.05, 4.69) is 9.97 Å². The van der Waals surface area contributed by atoms with E-state index in [1.54, 1.807) is 6.07 Å². The fourth-order valence-corrected chi connectivity index (χ4v) is 1.55. The Morgan fingerprint density at radius 1 is 1.20 bits per heavy atom. The van der Waals surface area contributed by atoms with Gasteiger partial charge in [0.05, 0.1) is 0 Å². The summed E-state index contributed by atoms with van der Waals surface area (Å²) in [5.41, 5.74) is 10.9. The highest BCUT2D eigenvalue weighted by Gasteiger charge is 2.11. The molecule has 1 rings (SSSR count). The molecule has 0 spiro atoms. The lowest BCUT2D eigenvalue weighted by molar-refractivity contribution is 1.02. The highest BCUT2D eigenvalue weighted by molar-refractivity contribution is 7.99. The van der Waals surface area contributed by atoms with Crippen molar-refractivity contribution in [3.05, 3.63) is 11.4 Å². The summed E-state index contributed by atoms with van der Waals surface area (Å²) >= 11 is 1.29. The van der Waals surface area contributed by atoms with E-state index in [0.717, 1.165) is 0 Å². The summed E-state index contributed by atoms with van der Waals surface area (Å²) in [6, 6.07) is 3.63. The minimum atomic E-state index is -0.0244. The number of nitrogens with zero attached hydrogens (tertiary/aromatic N) is 4. The van der Waals surface area contributed by atoms with Gasteiger partial charge >= 0.3 is 0 Å². The quantitative estimate of drug-likeness (QED) is 0.678. The average molecular weight is 220 g/mol. The predicted molar refractivity (Wildman–Crippen MR) is 55.7 cm³/mol. The van der Waals surface area contributed by atoms with E-state index in [1.807, 2.05) is 6.07 Å². The van der Waals surface area contributed by atoms with Gasteiger partial charge in [-0.05, 0) is 0 Å². The van der Waals surface area contributed by atoms with E-state index in [-0.39, 0.29) is 17.2 Å². The number of thioether (sulfide) groups is 1. The van der Waals surface area contributed by atoms with Crippen molar-refractivity contribution in [3.63, 3.8) is 0 Å². The molecule has 0 radical (unpaired) electrons. The minimum Gasteiger partial charge on any atom is -0.381 e. The van der Waals surface area contributed by atoms with Gasteiger partial charge < -0.3 is 11.5 Å². The number of aromatic nitrogens is 2. The first-order valence-corrected chi connectivity index (χ1v) is 5.02. The number of nitriles is 2. The second-order valence-electron chi connectivity index (χ2n) is 2.47. The molecule has 7 heteroatoms. The van der Waals surface area contributed by atoms with Gasteiger partial charge in [0.1, 0.15) is 17.2 Å². The molecule has 0 unspecified atom stereocenters. The molecular weight excluding hydrogens is 212 g/mol. The lowest BCUT2D eigenvalue weighted by Gasteiger charge is -2.03. The van der Waals surface area contributed by atoms with Gasteiger partial charge in [-0.3, -0.25) is 0 Å². The van der Waals surface area contributed by atoms with E-state index < -0.39 is 0 Å². The number of nitrogen functional groups attached to an aromatic ring is 1. The largest absolute Gasteiger partial charge is 0.381 e. The molecule has 0 saturated heterocycles. The van der Waals surface area contributed by atoms with Gasteiger partial charge in [0.15, 0.2) is 17.2 Å². The number of anilines is 1. The Hall–Kier alpha value is -1.83. The molecule has 0 saturated carbocycles. The summed E-state index contributed by atoms with van der Waals surface area (Å²) in [6.45, 7) is 0.469. The molecule has 0 aliphatic heterocycles. The molecular formula is C8H8N6S. The lowest BCUT2D eigenvalue weighted by Crippen LogP contribution is -2.05. The summed E-state index contributed by atoms with van der Waals surface area (Å²) < 4.78 is 0. The van der Waals surface area contributed by atoms with Gasteiger partial charge in [0.2, 0.25) is 0 Å². The Morgan fingerprint density at radius 2 is 1.87 bits per heavy atom. The van der Waals surface area contributed by atoms with Crippen LogP contribution in [0.15, 0.2) is 5.03 Å². The van der Waals surface area contributed by atoms with Crippen molar-refractivity contribution in [1.82, 2.24) is 9.97 Å². The number of hydrogen-bond acceptors (Lipinski definition) is 7. The van der Waals surface area contributed by atoms with Crippen molar-refractivity contribution in [2.75, 3.05) is 18.0 Å². The zero-order chi connectivity index (χ0) is 11.3. The first-order valence-electron chi connectivity index (χ1n) is 4.03. The molecule has 1 heterocycles. The third kappa shape index (κ3) is 2.56. The second-order valence-corrected chi connectivity index (χ2v) is 3.56. The van der Waals surface area contributed by atoms with E-state index in [1.165, 1.54) is 11.8 Å². The van der Waals surface area contributed by atoms with Gasteiger partial charge in [-0.2, -0.15) is 10.5 Å². The minimum absolute atomic E-state index is 0.0244. The number of hydrogen-bond donors (Lipinski definition) is 2.